The van der Waals surface area contributed by atoms with E-state index in [2.05, 4.69) is 9.47 Å². The number of aryl methyl sites for hydroxylation is 2. The number of rotatable bonds is 13. The van der Waals surface area contributed by atoms with Crippen molar-refractivity contribution in [2.75, 3.05) is 20.2 Å². The van der Waals surface area contributed by atoms with Crippen LogP contribution in [-0.2, 0) is 17.6 Å². The maximum absolute atomic E-state index is 12.7. The van der Waals surface area contributed by atoms with Crippen LogP contribution in [0.2, 0.25) is 0 Å². The zero-order chi connectivity index (χ0) is 24.4. The lowest BCUT2D eigenvalue weighted by atomic mass is 10.0. The molecule has 1 unspecified atom stereocenters. The summed E-state index contributed by atoms with van der Waals surface area (Å²) in [5.74, 6) is 0.0515. The average molecular weight is 483 g/mol. The van der Waals surface area contributed by atoms with Crippen molar-refractivity contribution < 1.29 is 44.9 Å². The molecule has 184 valence electrons. The molecular formula is C22H24F7NO3. The fraction of sp³-hybridized carbons (Fsp3) is 0.455. The van der Waals surface area contributed by atoms with Crippen LogP contribution in [0.15, 0.2) is 48.5 Å². The van der Waals surface area contributed by atoms with Gasteiger partial charge in [-0.1, -0.05) is 30.3 Å². The Morgan fingerprint density at radius 2 is 1.67 bits per heavy atom. The first kappa shape index (κ1) is 26.7. The van der Waals surface area contributed by atoms with Crippen molar-refractivity contribution in [2.24, 2.45) is 0 Å². The number of benzene rings is 2. The third-order valence-corrected chi connectivity index (χ3v) is 4.64. The Labute approximate surface area is 186 Å². The van der Waals surface area contributed by atoms with Crippen LogP contribution in [0.3, 0.4) is 0 Å². The van der Waals surface area contributed by atoms with E-state index in [1.54, 1.807) is 30.3 Å². The van der Waals surface area contributed by atoms with E-state index in [1.807, 2.05) is 0 Å². The van der Waals surface area contributed by atoms with Crippen LogP contribution in [0.25, 0.3) is 0 Å². The van der Waals surface area contributed by atoms with Gasteiger partial charge in [0.1, 0.15) is 18.1 Å². The summed E-state index contributed by atoms with van der Waals surface area (Å²) in [5.41, 5.74) is 1.29. The number of ether oxygens (including phenoxy) is 3. The molecule has 2 aromatic rings. The molecule has 1 atom stereocenters. The van der Waals surface area contributed by atoms with E-state index in [0.29, 0.717) is 34.6 Å². The van der Waals surface area contributed by atoms with Crippen LogP contribution in [0.1, 0.15) is 17.5 Å². The summed E-state index contributed by atoms with van der Waals surface area (Å²) < 4.78 is 102. The molecule has 0 saturated heterocycles. The number of alkyl halides is 7. The minimum absolute atomic E-state index is 0.0979. The second-order valence-electron chi connectivity index (χ2n) is 7.18. The molecule has 0 aliphatic heterocycles. The summed E-state index contributed by atoms with van der Waals surface area (Å²) in [6.45, 7) is -6.26. The average Bonchev–Trinajstić information content (AvgIpc) is 2.73. The number of halogens is 7. The predicted molar refractivity (Wildman–Crippen MR) is 107 cm³/mol. The minimum Gasteiger partial charge on any atom is -0.491 e. The highest BCUT2D eigenvalue weighted by Crippen LogP contribution is 2.25. The molecule has 2 aromatic carbocycles. The maximum Gasteiger partial charge on any atom is 0.573 e. The lowest BCUT2D eigenvalue weighted by Crippen LogP contribution is -2.32. The van der Waals surface area contributed by atoms with Crippen LogP contribution in [0.4, 0.5) is 30.7 Å². The Hall–Kier alpha value is -2.53. The molecule has 0 saturated carbocycles. The van der Waals surface area contributed by atoms with E-state index in [9.17, 15) is 30.7 Å². The molecule has 4 nitrogen and oxygen atoms in total. The molecule has 0 aliphatic rings. The van der Waals surface area contributed by atoms with Crippen molar-refractivity contribution in [1.82, 2.24) is 4.90 Å². The molecule has 0 aliphatic carbocycles. The van der Waals surface area contributed by atoms with Crippen molar-refractivity contribution in [3.05, 3.63) is 59.7 Å². The normalized spacial score (nSPS) is 13.1. The number of para-hydroxylation sites is 1. The maximum atomic E-state index is 12.7. The van der Waals surface area contributed by atoms with Crippen LogP contribution in [-0.4, -0.2) is 50.7 Å². The number of hydrogen-bond acceptors (Lipinski definition) is 4. The Kier molecular flexibility index (Phi) is 10.2. The van der Waals surface area contributed by atoms with Gasteiger partial charge < -0.3 is 14.2 Å². The standard InChI is InChI=1S/C22H24F7NO3/c1-30(20(23)24)12-11-18(32-21(25)26)14-31-19-8-3-2-6-16(19)10-9-15-5-4-7-17(13-15)33-22(27,28)29/h2-8,13,18,20-21H,9-12,14H2,1H3. The van der Waals surface area contributed by atoms with Gasteiger partial charge in [0.25, 0.3) is 6.55 Å². The van der Waals surface area contributed by atoms with Gasteiger partial charge in [0, 0.05) is 6.54 Å². The van der Waals surface area contributed by atoms with Gasteiger partial charge >= 0.3 is 13.0 Å². The van der Waals surface area contributed by atoms with E-state index in [-0.39, 0.29) is 25.3 Å². The number of nitrogens with zero attached hydrogens (tertiary/aromatic N) is 1. The quantitative estimate of drug-likeness (QED) is 0.262. The second-order valence-corrected chi connectivity index (χ2v) is 7.18. The van der Waals surface area contributed by atoms with Crippen molar-refractivity contribution in [2.45, 2.75) is 44.9 Å². The summed E-state index contributed by atoms with van der Waals surface area (Å²) in [5, 5.41) is 0. The summed E-state index contributed by atoms with van der Waals surface area (Å²) in [6, 6.07) is 12.3. The van der Waals surface area contributed by atoms with E-state index in [4.69, 9.17) is 4.74 Å². The van der Waals surface area contributed by atoms with E-state index in [1.165, 1.54) is 18.2 Å². The monoisotopic (exact) mass is 483 g/mol. The predicted octanol–water partition coefficient (Wildman–Crippen LogP) is 5.90. The first-order chi connectivity index (χ1) is 15.5. The second kappa shape index (κ2) is 12.6. The Balaban J connectivity index is 1.99. The molecule has 0 bridgehead atoms. The Morgan fingerprint density at radius 3 is 2.33 bits per heavy atom. The zero-order valence-corrected chi connectivity index (χ0v) is 17.7. The summed E-state index contributed by atoms with van der Waals surface area (Å²) >= 11 is 0. The smallest absolute Gasteiger partial charge is 0.491 e. The summed E-state index contributed by atoms with van der Waals surface area (Å²) in [6.07, 6.45) is -5.25. The fourth-order valence-electron chi connectivity index (χ4n) is 2.99. The topological polar surface area (TPSA) is 30.9 Å². The lowest BCUT2D eigenvalue weighted by Gasteiger charge is -2.22. The summed E-state index contributed by atoms with van der Waals surface area (Å²) in [4.78, 5) is 0.701. The van der Waals surface area contributed by atoms with Gasteiger partial charge in [-0.05, 0) is 55.6 Å². The first-order valence-corrected chi connectivity index (χ1v) is 10.0. The molecular weight excluding hydrogens is 459 g/mol. The van der Waals surface area contributed by atoms with E-state index >= 15 is 0 Å². The number of hydrogen-bond donors (Lipinski definition) is 0. The van der Waals surface area contributed by atoms with Crippen LogP contribution in [0.5, 0.6) is 11.5 Å². The van der Waals surface area contributed by atoms with E-state index < -0.39 is 25.6 Å². The fourth-order valence-corrected chi connectivity index (χ4v) is 2.99. The van der Waals surface area contributed by atoms with Gasteiger partial charge in [-0.2, -0.15) is 17.6 Å². The molecule has 33 heavy (non-hydrogen) atoms. The SMILES string of the molecule is CN(CCC(COc1ccccc1CCc1cccc(OC(F)(F)F)c1)OC(F)F)C(F)F. The highest BCUT2D eigenvalue weighted by atomic mass is 19.4. The van der Waals surface area contributed by atoms with Crippen molar-refractivity contribution >= 4 is 0 Å². The highest BCUT2D eigenvalue weighted by molar-refractivity contribution is 5.35. The van der Waals surface area contributed by atoms with Crippen molar-refractivity contribution in [1.29, 1.82) is 0 Å². The Bertz CT molecular complexity index is 849. The largest absolute Gasteiger partial charge is 0.573 e. The van der Waals surface area contributed by atoms with Crippen LogP contribution >= 0.6 is 0 Å². The van der Waals surface area contributed by atoms with Gasteiger partial charge in [-0.3, -0.25) is 4.90 Å². The molecule has 11 heteroatoms. The third kappa shape index (κ3) is 10.3. The molecule has 0 heterocycles. The van der Waals surface area contributed by atoms with Gasteiger partial charge in [0.15, 0.2) is 0 Å². The van der Waals surface area contributed by atoms with Gasteiger partial charge in [0.05, 0.1) is 6.10 Å². The zero-order valence-electron chi connectivity index (χ0n) is 17.7. The molecule has 2 rings (SSSR count). The van der Waals surface area contributed by atoms with Crippen LogP contribution in [0, 0.1) is 0 Å². The first-order valence-electron chi connectivity index (χ1n) is 10.0. The van der Waals surface area contributed by atoms with Gasteiger partial charge in [-0.25, -0.2) is 0 Å². The molecule has 0 fully saturated rings. The van der Waals surface area contributed by atoms with Crippen LogP contribution < -0.4 is 9.47 Å². The van der Waals surface area contributed by atoms with Gasteiger partial charge in [0.2, 0.25) is 0 Å². The molecule has 0 radical (unpaired) electrons. The molecule has 0 spiro atoms. The molecule has 0 aromatic heterocycles. The highest BCUT2D eigenvalue weighted by Gasteiger charge is 2.31. The molecule has 0 amide bonds. The van der Waals surface area contributed by atoms with Gasteiger partial charge in [-0.15, -0.1) is 13.2 Å². The van der Waals surface area contributed by atoms with Crippen molar-refractivity contribution in [3.63, 3.8) is 0 Å². The third-order valence-electron chi connectivity index (χ3n) is 4.64. The summed E-state index contributed by atoms with van der Waals surface area (Å²) in [7, 11) is 1.16. The molecule has 0 N–H and O–H groups in total. The lowest BCUT2D eigenvalue weighted by molar-refractivity contribution is -0.274. The van der Waals surface area contributed by atoms with E-state index in [0.717, 1.165) is 7.05 Å². The van der Waals surface area contributed by atoms with Crippen molar-refractivity contribution in [3.8, 4) is 11.5 Å². The Morgan fingerprint density at radius 1 is 0.939 bits per heavy atom. The minimum atomic E-state index is -4.79.